The van der Waals surface area contributed by atoms with E-state index in [0.29, 0.717) is 11.6 Å². The number of rotatable bonds is 4. The molecule has 2 aromatic heterocycles. The second-order valence-corrected chi connectivity index (χ2v) is 14.1. The van der Waals surface area contributed by atoms with Gasteiger partial charge in [-0.25, -0.2) is 0 Å². The average molecular weight is 731 g/mol. The van der Waals surface area contributed by atoms with Gasteiger partial charge in [-0.05, 0) is 75.3 Å². The fraction of sp³-hybridized carbons (Fsp3) is 0.333. The Morgan fingerprint density at radius 2 is 0.673 bits per heavy atom. The molecule has 9 rings (SSSR count). The molecule has 0 atom stereocenters. The first-order chi connectivity index (χ1) is 27.4. The Morgan fingerprint density at radius 1 is 0.327 bits per heavy atom. The second kappa shape index (κ2) is 22.7. The molecule has 1 saturated heterocycles. The summed E-state index contributed by atoms with van der Waals surface area (Å²) in [6.45, 7) is 2.00. The fourth-order valence-electron chi connectivity index (χ4n) is 6.92. The molecule has 7 heteroatoms. The Hall–Kier alpha value is -5.40. The summed E-state index contributed by atoms with van der Waals surface area (Å²) in [5.74, 6) is 1.07. The molecule has 0 spiro atoms. The van der Waals surface area contributed by atoms with Crippen molar-refractivity contribution in [2.45, 2.75) is 89.9 Å². The zero-order valence-electron chi connectivity index (χ0n) is 32.1. The van der Waals surface area contributed by atoms with Crippen LogP contribution in [0.1, 0.15) is 88.2 Å². The summed E-state index contributed by atoms with van der Waals surface area (Å²) in [6, 6.07) is 40.4. The minimum atomic E-state index is 0.537. The summed E-state index contributed by atoms with van der Waals surface area (Å²) in [4.78, 5) is 0. The van der Waals surface area contributed by atoms with E-state index >= 15 is 0 Å². The number of ether oxygens (including phenoxy) is 1. The third kappa shape index (κ3) is 12.6. The zero-order chi connectivity index (χ0) is 37.6. The van der Waals surface area contributed by atoms with E-state index in [2.05, 4.69) is 103 Å². The maximum atomic E-state index is 4.94. The Morgan fingerprint density at radius 3 is 1.02 bits per heavy atom. The van der Waals surface area contributed by atoms with E-state index < -0.39 is 0 Å². The monoisotopic (exact) mass is 730 g/mol. The number of allylic oxidation sites excluding steroid dienone is 2. The third-order valence-corrected chi connectivity index (χ3v) is 9.91. The predicted molar refractivity (Wildman–Crippen MR) is 224 cm³/mol. The molecule has 1 aliphatic heterocycles. The van der Waals surface area contributed by atoms with Crippen molar-refractivity contribution in [2.24, 2.45) is 0 Å². The Labute approximate surface area is 327 Å². The summed E-state index contributed by atoms with van der Waals surface area (Å²) in [6.07, 6.45) is 22.9. The molecule has 4 aromatic carbocycles. The molecule has 0 radical (unpaired) electrons. The predicted octanol–water partition coefficient (Wildman–Crippen LogP) is 11.8. The largest absolute Gasteiger partial charge is 0.381 e. The molecule has 282 valence electrons. The minimum absolute atomic E-state index is 0.537. The van der Waals surface area contributed by atoms with Gasteiger partial charge in [-0.1, -0.05) is 159 Å². The number of benzene rings is 4. The molecule has 6 aromatic rings. The van der Waals surface area contributed by atoms with Crippen molar-refractivity contribution < 1.29 is 4.74 Å². The molecule has 3 heterocycles. The van der Waals surface area contributed by atoms with E-state index in [0.717, 1.165) is 48.6 Å². The molecular weight excluding hydrogens is 677 g/mol. The van der Waals surface area contributed by atoms with Crippen LogP contribution in [0, 0.1) is 0 Å². The van der Waals surface area contributed by atoms with E-state index in [9.17, 15) is 0 Å². The van der Waals surface area contributed by atoms with Crippen molar-refractivity contribution in [3.8, 4) is 45.3 Å². The number of hydrogen-bond acceptors (Lipinski definition) is 7. The molecule has 7 nitrogen and oxygen atoms in total. The van der Waals surface area contributed by atoms with E-state index in [-0.39, 0.29) is 0 Å². The van der Waals surface area contributed by atoms with Crippen molar-refractivity contribution in [1.29, 1.82) is 0 Å². The maximum absolute atomic E-state index is 4.94. The molecule has 0 bridgehead atoms. The van der Waals surface area contributed by atoms with Gasteiger partial charge in [-0.3, -0.25) is 0 Å². The summed E-state index contributed by atoms with van der Waals surface area (Å²) < 4.78 is 4.94. The number of hydrogen-bond donors (Lipinski definition) is 0. The lowest BCUT2D eigenvalue weighted by atomic mass is 9.88. The summed E-state index contributed by atoms with van der Waals surface area (Å²) in [5.41, 5.74) is 9.17. The Kier molecular flexibility index (Phi) is 16.2. The zero-order valence-corrected chi connectivity index (χ0v) is 32.1. The molecule has 3 aliphatic rings. The molecular formula is C48H54N6O. The molecule has 55 heavy (non-hydrogen) atoms. The van der Waals surface area contributed by atoms with E-state index in [4.69, 9.17) is 4.74 Å². The lowest BCUT2D eigenvalue weighted by Crippen LogP contribution is -2.08. The average Bonchev–Trinajstić information content (AvgIpc) is 3.83. The van der Waals surface area contributed by atoms with Crippen molar-refractivity contribution >= 4 is 0 Å². The summed E-state index contributed by atoms with van der Waals surface area (Å²) in [5, 5.41) is 25.7. The number of nitrogens with zero attached hydrogens (tertiary/aromatic N) is 6. The number of aromatic nitrogens is 6. The van der Waals surface area contributed by atoms with Gasteiger partial charge in [-0.15, -0.1) is 30.6 Å². The van der Waals surface area contributed by atoms with Crippen molar-refractivity contribution in [3.63, 3.8) is 0 Å². The van der Waals surface area contributed by atoms with Gasteiger partial charge in [0.05, 0.1) is 11.4 Å². The fourth-order valence-corrected chi connectivity index (χ4v) is 6.92. The van der Waals surface area contributed by atoms with Gasteiger partial charge >= 0.3 is 0 Å². The lowest BCUT2D eigenvalue weighted by molar-refractivity contribution is 0.198. The molecule has 0 amide bonds. The normalized spacial score (nSPS) is 15.6. The van der Waals surface area contributed by atoms with Gasteiger partial charge in [-0.2, -0.15) is 0 Å². The smallest absolute Gasteiger partial charge is 0.203 e. The van der Waals surface area contributed by atoms with E-state index in [1.54, 1.807) is 0 Å². The van der Waals surface area contributed by atoms with Gasteiger partial charge < -0.3 is 4.74 Å². The molecule has 1 fully saturated rings. The van der Waals surface area contributed by atoms with Crippen LogP contribution in [-0.2, 0) is 17.6 Å². The molecule has 0 saturated carbocycles. The summed E-state index contributed by atoms with van der Waals surface area (Å²) in [7, 11) is 0. The minimum Gasteiger partial charge on any atom is -0.381 e. The Bertz CT molecular complexity index is 1820. The van der Waals surface area contributed by atoms with Gasteiger partial charge in [0.2, 0.25) is 11.6 Å². The van der Waals surface area contributed by atoms with Crippen LogP contribution in [0.2, 0.25) is 0 Å². The highest BCUT2D eigenvalue weighted by molar-refractivity contribution is 5.71. The maximum Gasteiger partial charge on any atom is 0.203 e. The summed E-state index contributed by atoms with van der Waals surface area (Å²) >= 11 is 0. The van der Waals surface area contributed by atoms with Crippen molar-refractivity contribution in [2.75, 3.05) is 13.2 Å². The van der Waals surface area contributed by atoms with Crippen LogP contribution in [-0.4, -0.2) is 43.8 Å². The van der Waals surface area contributed by atoms with Crippen molar-refractivity contribution in [3.05, 3.63) is 145 Å². The van der Waals surface area contributed by atoms with Crippen LogP contribution in [0.5, 0.6) is 0 Å². The number of fused-ring (bicyclic) bond motifs is 1. The van der Waals surface area contributed by atoms with Crippen LogP contribution in [0.15, 0.2) is 133 Å². The van der Waals surface area contributed by atoms with Crippen LogP contribution in [0.4, 0.5) is 0 Å². The topological polar surface area (TPSA) is 86.6 Å². The van der Waals surface area contributed by atoms with Gasteiger partial charge in [0.15, 0.2) is 0 Å². The molecule has 2 aliphatic carbocycles. The van der Waals surface area contributed by atoms with Crippen LogP contribution >= 0.6 is 0 Å². The van der Waals surface area contributed by atoms with Crippen LogP contribution in [0.3, 0.4) is 0 Å². The third-order valence-electron chi connectivity index (χ3n) is 9.91. The first-order valence-corrected chi connectivity index (χ1v) is 20.3. The SMILES string of the molecule is C1=C/CCCCCC/1.C1CCOC1.c1ccc(-c2nnc(-c3ccccc3)c3c2CCCCCC3)cc1.c1ccc(-c2nnc(-c3ccccc3)nn2)cc1. The molecule has 0 unspecified atom stereocenters. The van der Waals surface area contributed by atoms with Crippen LogP contribution in [0.25, 0.3) is 45.3 Å². The highest BCUT2D eigenvalue weighted by atomic mass is 16.5. The van der Waals surface area contributed by atoms with Gasteiger partial charge in [0, 0.05) is 35.5 Å². The lowest BCUT2D eigenvalue weighted by Gasteiger charge is -2.19. The Balaban J connectivity index is 0.000000144. The van der Waals surface area contributed by atoms with Gasteiger partial charge in [0.1, 0.15) is 0 Å². The van der Waals surface area contributed by atoms with E-state index in [1.165, 1.54) is 99.3 Å². The first kappa shape index (κ1) is 39.3. The highest BCUT2D eigenvalue weighted by Crippen LogP contribution is 2.33. The van der Waals surface area contributed by atoms with Crippen LogP contribution < -0.4 is 0 Å². The highest BCUT2D eigenvalue weighted by Gasteiger charge is 2.19. The quantitative estimate of drug-likeness (QED) is 0.167. The van der Waals surface area contributed by atoms with Crippen molar-refractivity contribution in [1.82, 2.24) is 30.6 Å². The first-order valence-electron chi connectivity index (χ1n) is 20.3. The van der Waals surface area contributed by atoms with Gasteiger partial charge in [0.25, 0.3) is 0 Å². The second-order valence-electron chi connectivity index (χ2n) is 14.1. The standard InChI is InChI=1S/C22H22N2.C14H10N4.C8H14.C4H8O/c1-2-10-16-20-19(15-9-1)21(17-11-5-3-6-12-17)23-24-22(20)18-13-7-4-8-14-18;1-3-7-11(8-4-1)13-15-17-14(18-16-13)12-9-5-2-6-10-12;1-2-4-6-8-7-5-3-1;1-2-4-5-3-1/h3-8,11-14H,1-2,9-10,15-16H2;1-10H;1-2H,3-8H2;1-4H2/b;;2-1+;. The molecule has 0 N–H and O–H groups in total. The van der Waals surface area contributed by atoms with E-state index in [1.807, 2.05) is 60.7 Å².